The van der Waals surface area contributed by atoms with Crippen LogP contribution in [-0.4, -0.2) is 22.5 Å². The number of hydrogen-bond acceptors (Lipinski definition) is 2. The van der Waals surface area contributed by atoms with Crippen molar-refractivity contribution >= 4 is 9.28 Å². The lowest BCUT2D eigenvalue weighted by atomic mass is 9.70. The molecule has 124 valence electrons. The molecule has 0 bridgehead atoms. The minimum atomic E-state index is -1.43. The molecule has 2 fully saturated rings. The van der Waals surface area contributed by atoms with Crippen LogP contribution in [-0.2, 0) is 8.85 Å². The van der Waals surface area contributed by atoms with E-state index in [1.165, 1.54) is 70.3 Å². The predicted molar refractivity (Wildman–Crippen MR) is 91.8 cm³/mol. The molecule has 21 heavy (non-hydrogen) atoms. The average molecular weight is 313 g/mol. The largest absolute Gasteiger partial charge is 0.397 e. The normalized spacial score (nSPS) is 22.3. The van der Waals surface area contributed by atoms with Crippen molar-refractivity contribution in [3.63, 3.8) is 0 Å². The van der Waals surface area contributed by atoms with Gasteiger partial charge in [-0.3, -0.25) is 0 Å². The summed E-state index contributed by atoms with van der Waals surface area (Å²) in [5.74, 6) is 2.84. The lowest BCUT2D eigenvalue weighted by molar-refractivity contribution is 0.138. The van der Waals surface area contributed by atoms with Gasteiger partial charge >= 0.3 is 9.28 Å². The van der Waals surface area contributed by atoms with Crippen LogP contribution < -0.4 is 0 Å². The molecule has 0 atom stereocenters. The molecular weight excluding hydrogens is 276 g/mol. The second-order valence-corrected chi connectivity index (χ2v) is 9.03. The minimum Gasteiger partial charge on any atom is -0.397 e. The van der Waals surface area contributed by atoms with Crippen molar-refractivity contribution in [3.8, 4) is 0 Å². The van der Waals surface area contributed by atoms with Crippen LogP contribution in [0.2, 0.25) is 6.04 Å². The summed E-state index contributed by atoms with van der Waals surface area (Å²) in [6, 6.07) is 1.27. The lowest BCUT2D eigenvalue weighted by Gasteiger charge is -2.39. The summed E-state index contributed by atoms with van der Waals surface area (Å²) in [5, 5.41) is 0. The molecule has 0 radical (unpaired) electrons. The Balaban J connectivity index is 1.98. The SMILES string of the molecule is CCO[SiH](CC(C1CCCCC1)C1CCCCC1)OCC. The lowest BCUT2D eigenvalue weighted by Crippen LogP contribution is -2.34. The van der Waals surface area contributed by atoms with Gasteiger partial charge in [-0.25, -0.2) is 0 Å². The van der Waals surface area contributed by atoms with E-state index < -0.39 is 9.28 Å². The molecule has 2 rings (SSSR count). The zero-order chi connectivity index (χ0) is 14.9. The van der Waals surface area contributed by atoms with E-state index in [1.807, 2.05) is 0 Å². The zero-order valence-electron chi connectivity index (χ0n) is 14.3. The Labute approximate surface area is 133 Å². The Morgan fingerprint density at radius 2 is 1.19 bits per heavy atom. The summed E-state index contributed by atoms with van der Waals surface area (Å²) < 4.78 is 12.0. The van der Waals surface area contributed by atoms with Gasteiger partial charge < -0.3 is 8.85 Å². The second kappa shape index (κ2) is 10.0. The van der Waals surface area contributed by atoms with Crippen molar-refractivity contribution in [2.45, 2.75) is 84.1 Å². The predicted octanol–water partition coefficient (Wildman–Crippen LogP) is 5.06. The average Bonchev–Trinajstić information content (AvgIpc) is 2.54. The topological polar surface area (TPSA) is 18.5 Å². The summed E-state index contributed by atoms with van der Waals surface area (Å²) in [4.78, 5) is 0. The van der Waals surface area contributed by atoms with E-state index in [9.17, 15) is 0 Å². The summed E-state index contributed by atoms with van der Waals surface area (Å²) in [6.07, 6.45) is 14.7. The van der Waals surface area contributed by atoms with E-state index >= 15 is 0 Å². The summed E-state index contributed by atoms with van der Waals surface area (Å²) >= 11 is 0. The zero-order valence-corrected chi connectivity index (χ0v) is 15.5. The maximum atomic E-state index is 6.01. The van der Waals surface area contributed by atoms with E-state index in [0.29, 0.717) is 0 Å². The van der Waals surface area contributed by atoms with E-state index in [0.717, 1.165) is 31.0 Å². The van der Waals surface area contributed by atoms with Crippen LogP contribution in [0.15, 0.2) is 0 Å². The maximum Gasteiger partial charge on any atom is 0.321 e. The van der Waals surface area contributed by atoms with Gasteiger partial charge in [-0.1, -0.05) is 64.2 Å². The molecule has 2 aliphatic rings. The van der Waals surface area contributed by atoms with Gasteiger partial charge in [-0.2, -0.15) is 0 Å². The van der Waals surface area contributed by atoms with E-state index in [-0.39, 0.29) is 0 Å². The molecule has 2 aliphatic carbocycles. The first-order valence-corrected chi connectivity index (χ1v) is 11.3. The molecule has 0 amide bonds. The van der Waals surface area contributed by atoms with Crippen LogP contribution in [0.25, 0.3) is 0 Å². The first kappa shape index (κ1) is 17.5. The molecule has 0 heterocycles. The van der Waals surface area contributed by atoms with Gasteiger partial charge in [0.05, 0.1) is 0 Å². The smallest absolute Gasteiger partial charge is 0.321 e. The Kier molecular flexibility index (Phi) is 8.34. The van der Waals surface area contributed by atoms with Crippen molar-refractivity contribution in [1.82, 2.24) is 0 Å². The molecule has 2 saturated carbocycles. The second-order valence-electron chi connectivity index (χ2n) is 7.04. The summed E-state index contributed by atoms with van der Waals surface area (Å²) in [7, 11) is -1.43. The Morgan fingerprint density at radius 3 is 1.57 bits per heavy atom. The number of rotatable bonds is 8. The fourth-order valence-electron chi connectivity index (χ4n) is 4.67. The van der Waals surface area contributed by atoms with E-state index in [1.54, 1.807) is 0 Å². The monoisotopic (exact) mass is 312 g/mol. The first-order chi connectivity index (χ1) is 10.3. The Hall–Kier alpha value is 0.137. The van der Waals surface area contributed by atoms with Gasteiger partial charge in [-0.05, 0) is 37.6 Å². The minimum absolute atomic E-state index is 0.832. The maximum absolute atomic E-state index is 6.01. The Morgan fingerprint density at radius 1 is 0.762 bits per heavy atom. The van der Waals surface area contributed by atoms with Crippen molar-refractivity contribution in [2.75, 3.05) is 13.2 Å². The van der Waals surface area contributed by atoms with Crippen LogP contribution in [0.3, 0.4) is 0 Å². The Bertz CT molecular complexity index is 236. The standard InChI is InChI=1S/C18H36O2Si/c1-3-19-21(20-4-2)15-18(16-11-7-5-8-12-16)17-13-9-6-10-14-17/h16-18,21H,3-15H2,1-2H3. The van der Waals surface area contributed by atoms with Crippen LogP contribution in [0.4, 0.5) is 0 Å². The quantitative estimate of drug-likeness (QED) is 0.583. The fourth-order valence-corrected chi connectivity index (χ4v) is 7.00. The highest BCUT2D eigenvalue weighted by molar-refractivity contribution is 6.44. The third-order valence-electron chi connectivity index (χ3n) is 5.68. The van der Waals surface area contributed by atoms with Crippen molar-refractivity contribution < 1.29 is 8.85 Å². The van der Waals surface area contributed by atoms with Crippen LogP contribution in [0, 0.1) is 17.8 Å². The molecular formula is C18H36O2Si. The fraction of sp³-hybridized carbons (Fsp3) is 1.00. The molecule has 0 unspecified atom stereocenters. The highest BCUT2D eigenvalue weighted by Gasteiger charge is 2.34. The van der Waals surface area contributed by atoms with Crippen molar-refractivity contribution in [1.29, 1.82) is 0 Å². The molecule has 0 aromatic rings. The highest BCUT2D eigenvalue weighted by atomic mass is 28.3. The van der Waals surface area contributed by atoms with Gasteiger partial charge in [0, 0.05) is 13.2 Å². The van der Waals surface area contributed by atoms with Gasteiger partial charge in [-0.15, -0.1) is 0 Å². The van der Waals surface area contributed by atoms with Crippen LogP contribution >= 0.6 is 0 Å². The molecule has 2 nitrogen and oxygen atoms in total. The molecule has 0 N–H and O–H groups in total. The molecule has 0 spiro atoms. The van der Waals surface area contributed by atoms with Crippen molar-refractivity contribution in [2.24, 2.45) is 17.8 Å². The van der Waals surface area contributed by atoms with Gasteiger partial charge in [0.2, 0.25) is 0 Å². The van der Waals surface area contributed by atoms with Gasteiger partial charge in [0.1, 0.15) is 0 Å². The van der Waals surface area contributed by atoms with Crippen LogP contribution in [0.5, 0.6) is 0 Å². The molecule has 0 saturated heterocycles. The van der Waals surface area contributed by atoms with Gasteiger partial charge in [0.25, 0.3) is 0 Å². The van der Waals surface area contributed by atoms with Gasteiger partial charge in [0.15, 0.2) is 0 Å². The highest BCUT2D eigenvalue weighted by Crippen LogP contribution is 2.42. The summed E-state index contributed by atoms with van der Waals surface area (Å²) in [6.45, 7) is 5.91. The molecule has 0 aromatic carbocycles. The molecule has 0 aromatic heterocycles. The summed E-state index contributed by atoms with van der Waals surface area (Å²) in [5.41, 5.74) is 0. The van der Waals surface area contributed by atoms with E-state index in [4.69, 9.17) is 8.85 Å². The third-order valence-corrected chi connectivity index (χ3v) is 8.02. The van der Waals surface area contributed by atoms with Crippen molar-refractivity contribution in [3.05, 3.63) is 0 Å². The third kappa shape index (κ3) is 5.68. The first-order valence-electron chi connectivity index (χ1n) is 9.58. The number of hydrogen-bond donors (Lipinski definition) is 0. The van der Waals surface area contributed by atoms with Crippen LogP contribution in [0.1, 0.15) is 78.1 Å². The molecule has 3 heteroatoms. The molecule has 0 aliphatic heterocycles. The van der Waals surface area contributed by atoms with E-state index in [2.05, 4.69) is 13.8 Å².